The first kappa shape index (κ1) is 23.5. The molecule has 3 aromatic rings. The monoisotopic (exact) mass is 452 g/mol. The van der Waals surface area contributed by atoms with E-state index in [4.69, 9.17) is 4.74 Å². The lowest BCUT2D eigenvalue weighted by atomic mass is 10.1. The third-order valence-corrected chi connectivity index (χ3v) is 5.82. The predicted molar refractivity (Wildman–Crippen MR) is 126 cm³/mol. The maximum atomic E-state index is 12.4. The Balaban J connectivity index is 1.56. The van der Waals surface area contributed by atoms with Gasteiger partial charge in [-0.25, -0.2) is 4.79 Å². The molecule has 7 nitrogen and oxygen atoms in total. The fourth-order valence-corrected chi connectivity index (χ4v) is 4.03. The van der Waals surface area contributed by atoms with E-state index in [-0.39, 0.29) is 11.7 Å². The first-order valence-corrected chi connectivity index (χ1v) is 11.7. The summed E-state index contributed by atoms with van der Waals surface area (Å²) in [4.78, 5) is 24.3. The van der Waals surface area contributed by atoms with Crippen molar-refractivity contribution in [3.8, 4) is 0 Å². The molecule has 2 aromatic carbocycles. The van der Waals surface area contributed by atoms with Crippen molar-refractivity contribution in [1.29, 1.82) is 0 Å². The van der Waals surface area contributed by atoms with E-state index in [2.05, 4.69) is 46.7 Å². The number of carbonyl (C=O) groups is 2. The van der Waals surface area contributed by atoms with Crippen LogP contribution in [0.1, 0.15) is 41.2 Å². The van der Waals surface area contributed by atoms with Crippen LogP contribution < -0.4 is 5.32 Å². The Hall–Kier alpha value is -3.13. The van der Waals surface area contributed by atoms with Gasteiger partial charge in [0.1, 0.15) is 5.82 Å². The van der Waals surface area contributed by atoms with Crippen LogP contribution in [0.3, 0.4) is 0 Å². The topological polar surface area (TPSA) is 86.1 Å². The van der Waals surface area contributed by atoms with Gasteiger partial charge in [-0.2, -0.15) is 0 Å². The Labute approximate surface area is 192 Å². The summed E-state index contributed by atoms with van der Waals surface area (Å²) in [5.74, 6) is 0.521. The van der Waals surface area contributed by atoms with Gasteiger partial charge in [-0.3, -0.25) is 4.79 Å². The van der Waals surface area contributed by atoms with E-state index in [1.54, 1.807) is 31.2 Å². The number of hydrogen-bond donors (Lipinski definition) is 1. The molecule has 3 rings (SSSR count). The quantitative estimate of drug-likeness (QED) is 0.365. The minimum Gasteiger partial charge on any atom is -0.462 e. The molecule has 0 bridgehead atoms. The van der Waals surface area contributed by atoms with Crippen LogP contribution in [0.4, 0.5) is 5.69 Å². The van der Waals surface area contributed by atoms with Crippen molar-refractivity contribution in [1.82, 2.24) is 14.8 Å². The van der Waals surface area contributed by atoms with Crippen molar-refractivity contribution in [3.63, 3.8) is 0 Å². The van der Waals surface area contributed by atoms with E-state index >= 15 is 0 Å². The third kappa shape index (κ3) is 6.43. The number of thioether (sulfide) groups is 1. The second-order valence-electron chi connectivity index (χ2n) is 7.27. The summed E-state index contributed by atoms with van der Waals surface area (Å²) in [6, 6.07) is 15.2. The average molecular weight is 453 g/mol. The van der Waals surface area contributed by atoms with Crippen molar-refractivity contribution in [3.05, 3.63) is 71.0 Å². The van der Waals surface area contributed by atoms with Crippen LogP contribution in [-0.2, 0) is 28.9 Å². The van der Waals surface area contributed by atoms with Gasteiger partial charge < -0.3 is 14.6 Å². The second kappa shape index (κ2) is 11.5. The molecule has 0 unspecified atom stereocenters. The van der Waals surface area contributed by atoms with Gasteiger partial charge in [0.15, 0.2) is 5.16 Å². The highest BCUT2D eigenvalue weighted by atomic mass is 32.2. The fourth-order valence-electron chi connectivity index (χ4n) is 3.20. The Morgan fingerprint density at radius 3 is 2.56 bits per heavy atom. The van der Waals surface area contributed by atoms with Crippen LogP contribution in [0.15, 0.2) is 53.7 Å². The minimum absolute atomic E-state index is 0.178. The fraction of sp³-hybridized carbons (Fsp3) is 0.333. The van der Waals surface area contributed by atoms with Crippen LogP contribution in [-0.4, -0.2) is 39.0 Å². The number of hydrogen-bond acceptors (Lipinski definition) is 6. The molecule has 8 heteroatoms. The molecule has 0 aliphatic heterocycles. The van der Waals surface area contributed by atoms with Gasteiger partial charge in [0.25, 0.3) is 0 Å². The summed E-state index contributed by atoms with van der Waals surface area (Å²) >= 11 is 1.35. The highest BCUT2D eigenvalue weighted by molar-refractivity contribution is 7.99. The van der Waals surface area contributed by atoms with Crippen molar-refractivity contribution in [2.45, 2.75) is 45.3 Å². The molecule has 0 aliphatic carbocycles. The summed E-state index contributed by atoms with van der Waals surface area (Å²) in [7, 11) is 0. The maximum absolute atomic E-state index is 12.4. The summed E-state index contributed by atoms with van der Waals surface area (Å²) in [5, 5.41) is 12.2. The molecule has 0 aliphatic rings. The Morgan fingerprint density at radius 1 is 1.06 bits per heavy atom. The standard InChI is InChI=1S/C24H28N4O3S/c1-4-28-21(14-13-18-11-9-17(3)10-12-18)26-27-24(28)32-16-22(29)25-20-8-6-7-19(15-20)23(30)31-5-2/h6-12,15H,4-5,13-14,16H2,1-3H3,(H,25,29). The van der Waals surface area contributed by atoms with Crippen molar-refractivity contribution < 1.29 is 14.3 Å². The number of nitrogens with zero attached hydrogens (tertiary/aromatic N) is 3. The minimum atomic E-state index is -0.410. The number of rotatable bonds is 10. The van der Waals surface area contributed by atoms with Gasteiger partial charge >= 0.3 is 5.97 Å². The second-order valence-corrected chi connectivity index (χ2v) is 8.21. The van der Waals surface area contributed by atoms with Crippen LogP contribution in [0, 0.1) is 6.92 Å². The van der Waals surface area contributed by atoms with Gasteiger partial charge in [0.2, 0.25) is 5.91 Å². The zero-order chi connectivity index (χ0) is 22.9. The first-order valence-electron chi connectivity index (χ1n) is 10.7. The number of nitrogens with one attached hydrogen (secondary N) is 1. The summed E-state index contributed by atoms with van der Waals surface area (Å²) < 4.78 is 7.05. The molecule has 168 valence electrons. The lowest BCUT2D eigenvalue weighted by Crippen LogP contribution is -2.15. The van der Waals surface area contributed by atoms with E-state index in [0.717, 1.165) is 30.4 Å². The number of benzene rings is 2. The highest BCUT2D eigenvalue weighted by Gasteiger charge is 2.14. The van der Waals surface area contributed by atoms with E-state index in [0.29, 0.717) is 17.9 Å². The lowest BCUT2D eigenvalue weighted by Gasteiger charge is -2.09. The maximum Gasteiger partial charge on any atom is 0.338 e. The van der Waals surface area contributed by atoms with Crippen molar-refractivity contribution in [2.75, 3.05) is 17.7 Å². The van der Waals surface area contributed by atoms with Gasteiger partial charge in [-0.15, -0.1) is 10.2 Å². The van der Waals surface area contributed by atoms with E-state index < -0.39 is 5.97 Å². The number of aromatic nitrogens is 3. The van der Waals surface area contributed by atoms with E-state index in [1.165, 1.54) is 22.9 Å². The highest BCUT2D eigenvalue weighted by Crippen LogP contribution is 2.19. The van der Waals surface area contributed by atoms with Crippen LogP contribution in [0.2, 0.25) is 0 Å². The lowest BCUT2D eigenvalue weighted by molar-refractivity contribution is -0.113. The third-order valence-electron chi connectivity index (χ3n) is 4.86. The normalized spacial score (nSPS) is 10.7. The molecular formula is C24H28N4O3S. The first-order chi connectivity index (χ1) is 15.5. The van der Waals surface area contributed by atoms with Gasteiger partial charge in [0, 0.05) is 18.7 Å². The van der Waals surface area contributed by atoms with E-state index in [1.807, 2.05) is 11.5 Å². The zero-order valence-electron chi connectivity index (χ0n) is 18.6. The molecule has 0 saturated carbocycles. The summed E-state index contributed by atoms with van der Waals surface area (Å²) in [5.41, 5.74) is 3.47. The molecule has 0 spiro atoms. The largest absolute Gasteiger partial charge is 0.462 e. The molecule has 0 radical (unpaired) electrons. The Bertz CT molecular complexity index is 1060. The number of aryl methyl sites for hydroxylation is 3. The SMILES string of the molecule is CCOC(=O)c1cccc(NC(=O)CSc2nnc(CCc3ccc(C)cc3)n2CC)c1. The molecule has 1 heterocycles. The molecule has 0 saturated heterocycles. The number of esters is 1. The number of anilines is 1. The van der Waals surface area contributed by atoms with Gasteiger partial charge in [-0.1, -0.05) is 47.7 Å². The van der Waals surface area contributed by atoms with Crippen LogP contribution in [0.25, 0.3) is 0 Å². The zero-order valence-corrected chi connectivity index (χ0v) is 19.4. The van der Waals surface area contributed by atoms with Gasteiger partial charge in [-0.05, 0) is 51.0 Å². The molecule has 1 aromatic heterocycles. The van der Waals surface area contributed by atoms with Crippen LogP contribution in [0.5, 0.6) is 0 Å². The summed E-state index contributed by atoms with van der Waals surface area (Å²) in [6.45, 7) is 6.92. The Morgan fingerprint density at radius 2 is 1.84 bits per heavy atom. The van der Waals surface area contributed by atoms with Crippen molar-refractivity contribution >= 4 is 29.3 Å². The average Bonchev–Trinajstić information content (AvgIpc) is 3.19. The Kier molecular flexibility index (Phi) is 8.44. The molecule has 1 N–H and O–H groups in total. The predicted octanol–water partition coefficient (Wildman–Crippen LogP) is 4.30. The number of ether oxygens (including phenoxy) is 1. The molecular weight excluding hydrogens is 424 g/mol. The number of carbonyl (C=O) groups excluding carboxylic acids is 2. The summed E-state index contributed by atoms with van der Waals surface area (Å²) in [6.07, 6.45) is 1.68. The number of amides is 1. The van der Waals surface area contributed by atoms with Crippen LogP contribution >= 0.6 is 11.8 Å². The molecule has 1 amide bonds. The van der Waals surface area contributed by atoms with E-state index in [9.17, 15) is 9.59 Å². The smallest absolute Gasteiger partial charge is 0.338 e. The molecule has 0 atom stereocenters. The van der Waals surface area contributed by atoms with Gasteiger partial charge in [0.05, 0.1) is 17.9 Å². The molecule has 32 heavy (non-hydrogen) atoms. The van der Waals surface area contributed by atoms with Crippen molar-refractivity contribution in [2.24, 2.45) is 0 Å². The molecule has 0 fully saturated rings.